The van der Waals surface area contributed by atoms with E-state index >= 15 is 0 Å². The van der Waals surface area contributed by atoms with Gasteiger partial charge in [0.1, 0.15) is 0 Å². The normalized spacial score (nSPS) is 19.0. The van der Waals surface area contributed by atoms with Crippen LogP contribution in [-0.4, -0.2) is 65.3 Å². The number of carboxylic acids is 1. The number of amides is 2. The zero-order chi connectivity index (χ0) is 25.6. The standard InChI is InChI=1S/C22H25N3O3.C2HF3O2/c1-16-4-2-5-17(12-16)21(27)25-14-19(22(15-25)7-10-28-11-8-22)20(26)24-18-6-3-9-23-13-18;3-2(4,5)1(6)7/h2-6,9,12-13,19H,7-8,10-11,14-15H2,1H3,(H,24,26);(H,6,7). The number of pyridine rings is 1. The van der Waals surface area contributed by atoms with E-state index in [1.807, 2.05) is 42.2 Å². The van der Waals surface area contributed by atoms with Crippen LogP contribution in [0.5, 0.6) is 0 Å². The van der Waals surface area contributed by atoms with Crippen molar-refractivity contribution in [3.8, 4) is 0 Å². The van der Waals surface area contributed by atoms with Gasteiger partial charge >= 0.3 is 12.1 Å². The number of aliphatic carboxylic acids is 1. The van der Waals surface area contributed by atoms with Crippen molar-refractivity contribution >= 4 is 23.5 Å². The van der Waals surface area contributed by atoms with Gasteiger partial charge in [0.05, 0.1) is 17.8 Å². The van der Waals surface area contributed by atoms with E-state index in [1.165, 1.54) is 0 Å². The summed E-state index contributed by atoms with van der Waals surface area (Å²) in [6.07, 6.45) is -0.196. The number of likely N-dealkylation sites (tertiary alicyclic amines) is 1. The Morgan fingerprint density at radius 3 is 2.43 bits per heavy atom. The summed E-state index contributed by atoms with van der Waals surface area (Å²) in [7, 11) is 0. The van der Waals surface area contributed by atoms with Gasteiger partial charge < -0.3 is 20.1 Å². The number of hydrogen-bond donors (Lipinski definition) is 2. The van der Waals surface area contributed by atoms with Crippen LogP contribution < -0.4 is 5.32 Å². The van der Waals surface area contributed by atoms with Crippen LogP contribution in [0, 0.1) is 18.3 Å². The highest BCUT2D eigenvalue weighted by molar-refractivity contribution is 5.97. The Labute approximate surface area is 200 Å². The molecule has 0 bridgehead atoms. The lowest BCUT2D eigenvalue weighted by molar-refractivity contribution is -0.192. The molecule has 2 aliphatic rings. The molecule has 2 aromatic rings. The number of carbonyl (C=O) groups is 3. The van der Waals surface area contributed by atoms with E-state index in [4.69, 9.17) is 14.6 Å². The third kappa shape index (κ3) is 6.56. The highest BCUT2D eigenvalue weighted by atomic mass is 19.4. The summed E-state index contributed by atoms with van der Waals surface area (Å²) >= 11 is 0. The van der Waals surface area contributed by atoms with Gasteiger partial charge in [0.25, 0.3) is 5.91 Å². The molecular weight excluding hydrogens is 467 g/mol. The lowest BCUT2D eigenvalue weighted by Gasteiger charge is -2.37. The maximum absolute atomic E-state index is 13.1. The number of aromatic nitrogens is 1. The number of carboxylic acid groups (broad SMARTS) is 1. The highest BCUT2D eigenvalue weighted by Crippen LogP contribution is 2.45. The molecule has 2 saturated heterocycles. The minimum atomic E-state index is -5.08. The largest absolute Gasteiger partial charge is 0.490 e. The van der Waals surface area contributed by atoms with Crippen molar-refractivity contribution in [2.24, 2.45) is 11.3 Å². The van der Waals surface area contributed by atoms with Gasteiger partial charge in [-0.3, -0.25) is 14.6 Å². The van der Waals surface area contributed by atoms with Gasteiger partial charge in [0.2, 0.25) is 5.91 Å². The third-order valence-corrected chi connectivity index (χ3v) is 6.18. The molecule has 1 unspecified atom stereocenters. The second-order valence-corrected chi connectivity index (χ2v) is 8.62. The van der Waals surface area contributed by atoms with Gasteiger partial charge in [-0.1, -0.05) is 17.7 Å². The molecule has 2 aliphatic heterocycles. The average molecular weight is 493 g/mol. The summed E-state index contributed by atoms with van der Waals surface area (Å²) in [6.45, 7) is 4.25. The summed E-state index contributed by atoms with van der Waals surface area (Å²) in [4.78, 5) is 41.0. The summed E-state index contributed by atoms with van der Waals surface area (Å²) in [5.74, 6) is -3.07. The number of nitrogens with one attached hydrogen (secondary N) is 1. The zero-order valence-electron chi connectivity index (χ0n) is 19.0. The first-order valence-corrected chi connectivity index (χ1v) is 11.0. The molecule has 4 rings (SSSR count). The number of nitrogens with zero attached hydrogens (tertiary/aromatic N) is 2. The third-order valence-electron chi connectivity index (χ3n) is 6.18. The molecule has 3 heterocycles. The minimum Gasteiger partial charge on any atom is -0.475 e. The predicted molar refractivity (Wildman–Crippen MR) is 120 cm³/mol. The van der Waals surface area contributed by atoms with Crippen molar-refractivity contribution < 1.29 is 37.4 Å². The number of anilines is 1. The van der Waals surface area contributed by atoms with Crippen molar-refractivity contribution in [3.63, 3.8) is 0 Å². The molecule has 2 N–H and O–H groups in total. The SMILES string of the molecule is Cc1cccc(C(=O)N2CC(C(=O)Nc3cccnc3)C3(CCOCC3)C2)c1.O=C(O)C(F)(F)F. The number of carbonyl (C=O) groups excluding carboxylic acids is 2. The van der Waals surface area contributed by atoms with Crippen LogP contribution in [0.4, 0.5) is 18.9 Å². The molecule has 1 atom stereocenters. The van der Waals surface area contributed by atoms with Crippen molar-refractivity contribution in [2.45, 2.75) is 25.9 Å². The van der Waals surface area contributed by atoms with E-state index in [1.54, 1.807) is 18.5 Å². The molecule has 188 valence electrons. The second kappa shape index (κ2) is 10.9. The quantitative estimate of drug-likeness (QED) is 0.677. The highest BCUT2D eigenvalue weighted by Gasteiger charge is 2.51. The van der Waals surface area contributed by atoms with E-state index in [2.05, 4.69) is 10.3 Å². The van der Waals surface area contributed by atoms with Crippen LogP contribution in [0.15, 0.2) is 48.8 Å². The molecule has 1 spiro atoms. The molecule has 1 aromatic carbocycles. The first-order chi connectivity index (χ1) is 16.5. The first-order valence-electron chi connectivity index (χ1n) is 11.0. The van der Waals surface area contributed by atoms with Crippen LogP contribution in [0.3, 0.4) is 0 Å². The Hall–Kier alpha value is -3.47. The second-order valence-electron chi connectivity index (χ2n) is 8.62. The van der Waals surface area contributed by atoms with E-state index in [9.17, 15) is 22.8 Å². The summed E-state index contributed by atoms with van der Waals surface area (Å²) < 4.78 is 37.3. The lowest BCUT2D eigenvalue weighted by Crippen LogP contribution is -2.42. The smallest absolute Gasteiger partial charge is 0.475 e. The summed E-state index contributed by atoms with van der Waals surface area (Å²) in [5.41, 5.74) is 2.18. The number of rotatable bonds is 3. The zero-order valence-corrected chi connectivity index (χ0v) is 19.0. The van der Waals surface area contributed by atoms with Crippen LogP contribution in [-0.2, 0) is 14.3 Å². The number of hydrogen-bond acceptors (Lipinski definition) is 5. The number of benzene rings is 1. The van der Waals surface area contributed by atoms with Crippen LogP contribution in [0.1, 0.15) is 28.8 Å². The van der Waals surface area contributed by atoms with E-state index < -0.39 is 12.1 Å². The van der Waals surface area contributed by atoms with Crippen LogP contribution in [0.2, 0.25) is 0 Å². The Morgan fingerprint density at radius 2 is 1.86 bits per heavy atom. The molecule has 0 radical (unpaired) electrons. The fraction of sp³-hybridized carbons (Fsp3) is 0.417. The average Bonchev–Trinajstić information content (AvgIpc) is 3.18. The van der Waals surface area contributed by atoms with Gasteiger partial charge in [-0.05, 0) is 44.0 Å². The van der Waals surface area contributed by atoms with Gasteiger partial charge in [0.15, 0.2) is 0 Å². The molecule has 2 amide bonds. The van der Waals surface area contributed by atoms with E-state index in [0.717, 1.165) is 18.4 Å². The minimum absolute atomic E-state index is 0.00811. The Balaban J connectivity index is 0.000000429. The first kappa shape index (κ1) is 26.1. The van der Waals surface area contributed by atoms with Gasteiger partial charge in [-0.15, -0.1) is 0 Å². The van der Waals surface area contributed by atoms with Crippen LogP contribution in [0.25, 0.3) is 0 Å². The number of alkyl halides is 3. The van der Waals surface area contributed by atoms with Gasteiger partial charge in [-0.25, -0.2) is 4.79 Å². The predicted octanol–water partition coefficient (Wildman–Crippen LogP) is 3.53. The fourth-order valence-electron chi connectivity index (χ4n) is 4.40. The molecular formula is C24H26F3N3O5. The summed E-state index contributed by atoms with van der Waals surface area (Å²) in [6, 6.07) is 11.2. The van der Waals surface area contributed by atoms with Crippen molar-refractivity contribution in [2.75, 3.05) is 31.6 Å². The van der Waals surface area contributed by atoms with E-state index in [0.29, 0.717) is 37.6 Å². The lowest BCUT2D eigenvalue weighted by atomic mass is 9.71. The topological polar surface area (TPSA) is 109 Å². The van der Waals surface area contributed by atoms with Crippen molar-refractivity contribution in [3.05, 3.63) is 59.9 Å². The van der Waals surface area contributed by atoms with Crippen molar-refractivity contribution in [1.82, 2.24) is 9.88 Å². The molecule has 1 aromatic heterocycles. The molecule has 0 aliphatic carbocycles. The maximum atomic E-state index is 13.1. The Morgan fingerprint density at radius 1 is 1.17 bits per heavy atom. The van der Waals surface area contributed by atoms with E-state index in [-0.39, 0.29) is 23.1 Å². The number of halogens is 3. The van der Waals surface area contributed by atoms with Crippen LogP contribution >= 0.6 is 0 Å². The van der Waals surface area contributed by atoms with Gasteiger partial charge in [0, 0.05) is 43.5 Å². The monoisotopic (exact) mass is 493 g/mol. The fourth-order valence-corrected chi connectivity index (χ4v) is 4.40. The Bertz CT molecular complexity index is 1060. The molecule has 35 heavy (non-hydrogen) atoms. The number of ether oxygens (including phenoxy) is 1. The maximum Gasteiger partial charge on any atom is 0.490 e. The molecule has 2 fully saturated rings. The molecule has 11 heteroatoms. The number of aryl methyl sites for hydroxylation is 1. The molecule has 8 nitrogen and oxygen atoms in total. The Kier molecular flexibility index (Phi) is 8.11. The molecule has 0 saturated carbocycles. The summed E-state index contributed by atoms with van der Waals surface area (Å²) in [5, 5.41) is 10.1. The van der Waals surface area contributed by atoms with Crippen molar-refractivity contribution in [1.29, 1.82) is 0 Å². The van der Waals surface area contributed by atoms with Gasteiger partial charge in [-0.2, -0.15) is 13.2 Å².